The van der Waals surface area contributed by atoms with Crippen LogP contribution in [-0.2, 0) is 14.4 Å². The molecule has 0 atom stereocenters. The van der Waals surface area contributed by atoms with Crippen LogP contribution in [0.15, 0.2) is 28.9 Å². The molecule has 0 bridgehead atoms. The molecule has 0 unspecified atom stereocenters. The molecule has 0 fully saturated rings. The van der Waals surface area contributed by atoms with Crippen LogP contribution >= 0.6 is 0 Å². The summed E-state index contributed by atoms with van der Waals surface area (Å²) in [5.74, 6) is -1.68. The van der Waals surface area contributed by atoms with E-state index in [1.165, 1.54) is 18.4 Å². The maximum absolute atomic E-state index is 11.2. The third-order valence-electron chi connectivity index (χ3n) is 1.80. The lowest BCUT2D eigenvalue weighted by Gasteiger charge is -2.02. The van der Waals surface area contributed by atoms with Crippen molar-refractivity contribution in [3.05, 3.63) is 30.2 Å². The molecule has 1 aromatic heterocycles. The van der Waals surface area contributed by atoms with Gasteiger partial charge in [-0.2, -0.15) is 0 Å². The van der Waals surface area contributed by atoms with Gasteiger partial charge in [0.2, 0.25) is 11.8 Å². The summed E-state index contributed by atoms with van der Waals surface area (Å²) in [4.78, 5) is 32.5. The van der Waals surface area contributed by atoms with Gasteiger partial charge in [0.15, 0.2) is 0 Å². The smallest absolute Gasteiger partial charge is 0.322 e. The van der Waals surface area contributed by atoms with E-state index in [2.05, 4.69) is 10.6 Å². The van der Waals surface area contributed by atoms with Crippen molar-refractivity contribution in [2.45, 2.75) is 0 Å². The lowest BCUT2D eigenvalue weighted by molar-refractivity contribution is -0.137. The summed E-state index contributed by atoms with van der Waals surface area (Å²) >= 11 is 0. The van der Waals surface area contributed by atoms with E-state index >= 15 is 0 Å². The van der Waals surface area contributed by atoms with Gasteiger partial charge in [0.05, 0.1) is 12.8 Å². The van der Waals surface area contributed by atoms with Crippen molar-refractivity contribution in [2.24, 2.45) is 0 Å². The molecule has 0 saturated carbocycles. The quantitative estimate of drug-likeness (QED) is 0.597. The molecule has 7 nitrogen and oxygen atoms in total. The SMILES string of the molecule is O=C(O)CNC(=O)CNC(=O)C=Cc1ccco1. The number of rotatable bonds is 6. The third-order valence-corrected chi connectivity index (χ3v) is 1.80. The summed E-state index contributed by atoms with van der Waals surface area (Å²) in [5, 5.41) is 12.7. The molecule has 1 heterocycles. The van der Waals surface area contributed by atoms with E-state index in [0.717, 1.165) is 0 Å². The molecule has 96 valence electrons. The fourth-order valence-electron chi connectivity index (χ4n) is 1.01. The van der Waals surface area contributed by atoms with Crippen LogP contribution in [0.4, 0.5) is 0 Å². The Kier molecular flexibility index (Phi) is 5.17. The van der Waals surface area contributed by atoms with Crippen LogP contribution in [-0.4, -0.2) is 36.0 Å². The molecular weight excluding hydrogens is 240 g/mol. The molecule has 0 saturated heterocycles. The Balaban J connectivity index is 2.24. The van der Waals surface area contributed by atoms with E-state index < -0.39 is 24.3 Å². The van der Waals surface area contributed by atoms with Gasteiger partial charge in [-0.3, -0.25) is 14.4 Å². The van der Waals surface area contributed by atoms with Gasteiger partial charge in [0.25, 0.3) is 0 Å². The van der Waals surface area contributed by atoms with Gasteiger partial charge >= 0.3 is 5.97 Å². The van der Waals surface area contributed by atoms with Gasteiger partial charge < -0.3 is 20.2 Å². The third kappa shape index (κ3) is 5.50. The molecule has 2 amide bonds. The predicted octanol–water partition coefficient (Wildman–Crippen LogP) is -0.390. The average molecular weight is 252 g/mol. The summed E-state index contributed by atoms with van der Waals surface area (Å²) in [6.07, 6.45) is 4.13. The highest BCUT2D eigenvalue weighted by atomic mass is 16.4. The standard InChI is InChI=1S/C11H12N2O5/c14-9(4-3-8-2-1-5-18-8)12-6-10(15)13-7-11(16)17/h1-5H,6-7H2,(H,12,14)(H,13,15)(H,16,17). The molecule has 0 radical (unpaired) electrons. The molecule has 0 spiro atoms. The molecule has 1 rings (SSSR count). The van der Waals surface area contributed by atoms with Gasteiger partial charge in [-0.25, -0.2) is 0 Å². The van der Waals surface area contributed by atoms with Crippen molar-refractivity contribution in [3.63, 3.8) is 0 Å². The summed E-state index contributed by atoms with van der Waals surface area (Å²) in [6.45, 7) is -0.758. The number of aliphatic carboxylic acids is 1. The van der Waals surface area contributed by atoms with Crippen LogP contribution in [0.25, 0.3) is 6.08 Å². The number of amides is 2. The average Bonchev–Trinajstić information content (AvgIpc) is 2.84. The normalized spacial score (nSPS) is 10.2. The fourth-order valence-corrected chi connectivity index (χ4v) is 1.01. The minimum Gasteiger partial charge on any atom is -0.480 e. The van der Waals surface area contributed by atoms with Crippen molar-refractivity contribution in [1.82, 2.24) is 10.6 Å². The van der Waals surface area contributed by atoms with Gasteiger partial charge in [-0.1, -0.05) is 0 Å². The summed E-state index contributed by atoms with van der Waals surface area (Å²) in [7, 11) is 0. The molecular formula is C11H12N2O5. The molecule has 0 aliphatic heterocycles. The number of carboxylic acid groups (broad SMARTS) is 1. The van der Waals surface area contributed by atoms with Crippen molar-refractivity contribution in [2.75, 3.05) is 13.1 Å². The van der Waals surface area contributed by atoms with E-state index in [-0.39, 0.29) is 6.54 Å². The number of carboxylic acids is 1. The first-order valence-electron chi connectivity index (χ1n) is 5.06. The molecule has 3 N–H and O–H groups in total. The van der Waals surface area contributed by atoms with Crippen LogP contribution < -0.4 is 10.6 Å². The highest BCUT2D eigenvalue weighted by molar-refractivity contribution is 5.94. The van der Waals surface area contributed by atoms with E-state index in [1.807, 2.05) is 0 Å². The zero-order valence-corrected chi connectivity index (χ0v) is 9.38. The summed E-state index contributed by atoms with van der Waals surface area (Å²) < 4.78 is 4.96. The minimum atomic E-state index is -1.15. The van der Waals surface area contributed by atoms with E-state index in [0.29, 0.717) is 5.76 Å². The first-order chi connectivity index (χ1) is 8.58. The van der Waals surface area contributed by atoms with Crippen molar-refractivity contribution < 1.29 is 23.9 Å². The summed E-state index contributed by atoms with van der Waals surface area (Å²) in [5.41, 5.74) is 0. The van der Waals surface area contributed by atoms with Gasteiger partial charge in [0, 0.05) is 6.08 Å². The van der Waals surface area contributed by atoms with Gasteiger partial charge in [-0.15, -0.1) is 0 Å². The lowest BCUT2D eigenvalue weighted by atomic mass is 10.4. The molecule has 0 aliphatic carbocycles. The fraction of sp³-hybridized carbons (Fsp3) is 0.182. The molecule has 7 heteroatoms. The number of carbonyl (C=O) groups excluding carboxylic acids is 2. The second-order valence-corrected chi connectivity index (χ2v) is 3.24. The van der Waals surface area contributed by atoms with Crippen LogP contribution in [0.2, 0.25) is 0 Å². The lowest BCUT2D eigenvalue weighted by Crippen LogP contribution is -2.38. The number of furan rings is 1. The Morgan fingerprint density at radius 2 is 2.06 bits per heavy atom. The molecule has 0 aromatic carbocycles. The van der Waals surface area contributed by atoms with Crippen molar-refractivity contribution >= 4 is 23.9 Å². The summed E-state index contributed by atoms with van der Waals surface area (Å²) in [6, 6.07) is 3.35. The molecule has 18 heavy (non-hydrogen) atoms. The molecule has 1 aromatic rings. The van der Waals surface area contributed by atoms with Gasteiger partial charge in [-0.05, 0) is 18.2 Å². The maximum atomic E-state index is 11.2. The van der Waals surface area contributed by atoms with Crippen molar-refractivity contribution in [1.29, 1.82) is 0 Å². The van der Waals surface area contributed by atoms with Crippen LogP contribution in [0.5, 0.6) is 0 Å². The van der Waals surface area contributed by atoms with Gasteiger partial charge in [0.1, 0.15) is 12.3 Å². The number of hydrogen-bond donors (Lipinski definition) is 3. The number of nitrogens with one attached hydrogen (secondary N) is 2. The maximum Gasteiger partial charge on any atom is 0.322 e. The van der Waals surface area contributed by atoms with Crippen LogP contribution in [0.1, 0.15) is 5.76 Å². The monoisotopic (exact) mass is 252 g/mol. The first kappa shape index (κ1) is 13.5. The number of carbonyl (C=O) groups is 3. The number of hydrogen-bond acceptors (Lipinski definition) is 4. The minimum absolute atomic E-state index is 0.283. The Labute approximate surface area is 102 Å². The Bertz CT molecular complexity index is 450. The molecule has 0 aliphatic rings. The Morgan fingerprint density at radius 3 is 2.67 bits per heavy atom. The highest BCUT2D eigenvalue weighted by Crippen LogP contribution is 2.01. The zero-order valence-electron chi connectivity index (χ0n) is 9.38. The first-order valence-corrected chi connectivity index (χ1v) is 5.06. The second kappa shape index (κ2) is 6.89. The highest BCUT2D eigenvalue weighted by Gasteiger charge is 2.04. The largest absolute Gasteiger partial charge is 0.480 e. The topological polar surface area (TPSA) is 109 Å². The van der Waals surface area contributed by atoms with E-state index in [9.17, 15) is 14.4 Å². The van der Waals surface area contributed by atoms with Crippen molar-refractivity contribution in [3.8, 4) is 0 Å². The Morgan fingerprint density at radius 1 is 1.28 bits per heavy atom. The Hall–Kier alpha value is -2.57. The second-order valence-electron chi connectivity index (χ2n) is 3.24. The van der Waals surface area contributed by atoms with Crippen LogP contribution in [0, 0.1) is 0 Å². The van der Waals surface area contributed by atoms with Crippen LogP contribution in [0.3, 0.4) is 0 Å². The van der Waals surface area contributed by atoms with E-state index in [4.69, 9.17) is 9.52 Å². The zero-order chi connectivity index (χ0) is 13.4. The predicted molar refractivity (Wildman–Crippen MR) is 61.4 cm³/mol. The van der Waals surface area contributed by atoms with E-state index in [1.54, 1.807) is 12.1 Å².